The summed E-state index contributed by atoms with van der Waals surface area (Å²) in [5, 5.41) is 24.1. The monoisotopic (exact) mass is 219 g/mol. The van der Waals surface area contributed by atoms with Crippen molar-refractivity contribution in [3.63, 3.8) is 0 Å². The van der Waals surface area contributed by atoms with Crippen LogP contribution in [0, 0.1) is 0 Å². The van der Waals surface area contributed by atoms with Crippen LogP contribution in [0.2, 0.25) is 0 Å². The van der Waals surface area contributed by atoms with Crippen LogP contribution in [0.5, 0.6) is 0 Å². The molecule has 0 spiro atoms. The van der Waals surface area contributed by atoms with Crippen molar-refractivity contribution in [3.05, 3.63) is 0 Å². The van der Waals surface area contributed by atoms with Gasteiger partial charge < -0.3 is 15.3 Å². The summed E-state index contributed by atoms with van der Waals surface area (Å²) in [5.74, 6) is -2.85. The summed E-state index contributed by atoms with van der Waals surface area (Å²) >= 11 is 0. The number of aliphatic carboxylic acids is 2. The first-order valence-electron chi connectivity index (χ1n) is 2.16. The molecule has 5 nitrogen and oxygen atoms in total. The van der Waals surface area contributed by atoms with Gasteiger partial charge in [0, 0.05) is 58.2 Å². The summed E-state index contributed by atoms with van der Waals surface area (Å²) in [5.41, 5.74) is 0. The Morgan fingerprint density at radius 1 is 1.30 bits per heavy atom. The third-order valence-electron chi connectivity index (χ3n) is 0.653. The summed E-state index contributed by atoms with van der Waals surface area (Å²) in [7, 11) is 0. The molecule has 1 unspecified atom stereocenters. The number of hydrogen-bond acceptors (Lipinski definition) is 3. The quantitative estimate of drug-likeness (QED) is 0.539. The molecule has 53 valence electrons. The Hall–Kier alpha value is 0.705. The standard InChI is InChI=1S/C4H6O5.Rb/c5-2(4(8)9)1-3(6)7;/h2,5H,1H2,(H,6,7)(H,8,9);. The molecule has 0 saturated carbocycles. The Kier molecular flexibility index (Phi) is 8.54. The van der Waals surface area contributed by atoms with Gasteiger partial charge in [-0.25, -0.2) is 4.79 Å². The zero-order valence-electron chi connectivity index (χ0n) is 5.44. The largest absolute Gasteiger partial charge is 0.481 e. The van der Waals surface area contributed by atoms with Gasteiger partial charge in [0.05, 0.1) is 6.42 Å². The van der Waals surface area contributed by atoms with Crippen molar-refractivity contribution >= 4 is 70.1 Å². The van der Waals surface area contributed by atoms with E-state index in [4.69, 9.17) is 15.3 Å². The minimum atomic E-state index is -1.79. The molecule has 0 saturated heterocycles. The zero-order chi connectivity index (χ0) is 7.44. The van der Waals surface area contributed by atoms with Crippen LogP contribution in [0.4, 0.5) is 0 Å². The second-order valence-corrected chi connectivity index (χ2v) is 1.45. The van der Waals surface area contributed by atoms with Crippen molar-refractivity contribution in [2.75, 3.05) is 0 Å². The molecule has 0 bridgehead atoms. The van der Waals surface area contributed by atoms with E-state index in [0.29, 0.717) is 0 Å². The zero-order valence-corrected chi connectivity index (χ0v) is 10.4. The van der Waals surface area contributed by atoms with Crippen molar-refractivity contribution in [2.24, 2.45) is 0 Å². The molecule has 3 N–H and O–H groups in total. The molecule has 0 aromatic rings. The predicted molar refractivity (Wildman–Crippen MR) is 31.6 cm³/mol. The van der Waals surface area contributed by atoms with Gasteiger partial charge in [-0.2, -0.15) is 0 Å². The number of aliphatic hydroxyl groups excluding tert-OH is 1. The van der Waals surface area contributed by atoms with Gasteiger partial charge in [-0.05, 0) is 0 Å². The first-order valence-corrected chi connectivity index (χ1v) is 2.16. The van der Waals surface area contributed by atoms with E-state index < -0.39 is 24.5 Å². The Labute approximate surface area is 106 Å². The third-order valence-corrected chi connectivity index (χ3v) is 0.653. The molecule has 0 aromatic carbocycles. The minimum Gasteiger partial charge on any atom is -0.481 e. The van der Waals surface area contributed by atoms with Crippen LogP contribution in [0.3, 0.4) is 0 Å². The molecule has 0 fully saturated rings. The third kappa shape index (κ3) is 6.82. The van der Waals surface area contributed by atoms with Crippen LogP contribution in [0.25, 0.3) is 0 Å². The van der Waals surface area contributed by atoms with Crippen molar-refractivity contribution in [1.29, 1.82) is 0 Å². The normalized spacial score (nSPS) is 11.3. The van der Waals surface area contributed by atoms with Crippen molar-refractivity contribution < 1.29 is 24.9 Å². The van der Waals surface area contributed by atoms with Crippen LogP contribution < -0.4 is 0 Å². The molecule has 6 heteroatoms. The maximum atomic E-state index is 9.72. The van der Waals surface area contributed by atoms with Crippen LogP contribution in [-0.2, 0) is 9.59 Å². The number of carboxylic acid groups (broad SMARTS) is 2. The van der Waals surface area contributed by atoms with Crippen molar-refractivity contribution in [1.82, 2.24) is 0 Å². The molecule has 10 heavy (non-hydrogen) atoms. The molecule has 0 aliphatic carbocycles. The summed E-state index contributed by atoms with van der Waals surface area (Å²) < 4.78 is 0. The molecule has 0 rings (SSSR count). The molecule has 0 amide bonds. The van der Waals surface area contributed by atoms with Gasteiger partial charge in [0.2, 0.25) is 0 Å². The van der Waals surface area contributed by atoms with E-state index in [9.17, 15) is 9.59 Å². The Morgan fingerprint density at radius 3 is 1.80 bits per heavy atom. The van der Waals surface area contributed by atoms with E-state index in [-0.39, 0.29) is 58.2 Å². The maximum Gasteiger partial charge on any atom is 0.333 e. The summed E-state index contributed by atoms with van der Waals surface area (Å²) in [6.07, 6.45) is -2.54. The Bertz CT molecular complexity index is 134. The van der Waals surface area contributed by atoms with E-state index in [1.165, 1.54) is 0 Å². The van der Waals surface area contributed by atoms with Gasteiger partial charge in [0.15, 0.2) is 6.10 Å². The number of carbonyl (C=O) groups is 2. The number of carboxylic acids is 2. The molecule has 1 radical (unpaired) electrons. The summed E-state index contributed by atoms with van der Waals surface area (Å²) in [4.78, 5) is 19.4. The van der Waals surface area contributed by atoms with Gasteiger partial charge in [-0.1, -0.05) is 0 Å². The Morgan fingerprint density at radius 2 is 1.70 bits per heavy atom. The minimum absolute atomic E-state index is 0. The first-order chi connectivity index (χ1) is 4.04. The van der Waals surface area contributed by atoms with Crippen LogP contribution in [0.1, 0.15) is 6.42 Å². The van der Waals surface area contributed by atoms with Gasteiger partial charge in [0.1, 0.15) is 0 Å². The van der Waals surface area contributed by atoms with E-state index in [1.807, 2.05) is 0 Å². The molecule has 0 aromatic heterocycles. The topological polar surface area (TPSA) is 94.8 Å². The smallest absolute Gasteiger partial charge is 0.333 e. The van der Waals surface area contributed by atoms with Gasteiger partial charge in [-0.3, -0.25) is 4.79 Å². The molecular weight excluding hydrogens is 214 g/mol. The second-order valence-electron chi connectivity index (χ2n) is 1.45. The number of rotatable bonds is 3. The fraction of sp³-hybridized carbons (Fsp3) is 0.500. The van der Waals surface area contributed by atoms with Crippen molar-refractivity contribution in [2.45, 2.75) is 12.5 Å². The second kappa shape index (κ2) is 6.42. The average Bonchev–Trinajstić information content (AvgIpc) is 1.63. The molecule has 0 heterocycles. The fourth-order valence-corrected chi connectivity index (χ4v) is 0.253. The van der Waals surface area contributed by atoms with E-state index in [0.717, 1.165) is 0 Å². The SMILES string of the molecule is O=C(O)CC(O)C(=O)O.[Rb]. The van der Waals surface area contributed by atoms with Gasteiger partial charge in [-0.15, -0.1) is 0 Å². The Balaban J connectivity index is 0. The summed E-state index contributed by atoms with van der Waals surface area (Å²) in [6.45, 7) is 0. The number of aliphatic hydroxyl groups is 1. The average molecular weight is 220 g/mol. The number of hydrogen-bond donors (Lipinski definition) is 3. The fourth-order valence-electron chi connectivity index (χ4n) is 0.253. The summed E-state index contributed by atoms with van der Waals surface area (Å²) in [6, 6.07) is 0. The molecular formula is C4H6O5Rb. The van der Waals surface area contributed by atoms with Gasteiger partial charge in [0.25, 0.3) is 0 Å². The van der Waals surface area contributed by atoms with Crippen LogP contribution in [0.15, 0.2) is 0 Å². The van der Waals surface area contributed by atoms with E-state index >= 15 is 0 Å². The van der Waals surface area contributed by atoms with E-state index in [2.05, 4.69) is 0 Å². The van der Waals surface area contributed by atoms with E-state index in [1.54, 1.807) is 0 Å². The molecule has 0 aliphatic rings. The maximum absolute atomic E-state index is 9.72. The first kappa shape index (κ1) is 13.3. The van der Waals surface area contributed by atoms with Crippen LogP contribution >= 0.6 is 0 Å². The predicted octanol–water partition coefficient (Wildman–Crippen LogP) is -1.47. The van der Waals surface area contributed by atoms with Crippen LogP contribution in [-0.4, -0.2) is 91.5 Å². The van der Waals surface area contributed by atoms with Crippen molar-refractivity contribution in [3.8, 4) is 0 Å². The van der Waals surface area contributed by atoms with Gasteiger partial charge >= 0.3 is 11.9 Å². The molecule has 0 aliphatic heterocycles. The molecule has 1 atom stereocenters.